The van der Waals surface area contributed by atoms with Crippen molar-refractivity contribution in [3.05, 3.63) is 18.2 Å². The molecule has 106 valence electrons. The van der Waals surface area contributed by atoms with Crippen LogP contribution in [-0.4, -0.2) is 18.1 Å². The Kier molecular flexibility index (Phi) is 3.97. The highest BCUT2D eigenvalue weighted by atomic mass is 19.1. The number of hydrogen-bond acceptors (Lipinski definition) is 3. The van der Waals surface area contributed by atoms with Crippen LogP contribution in [0.5, 0.6) is 0 Å². The zero-order chi connectivity index (χ0) is 14.0. The molecule has 2 N–H and O–H groups in total. The van der Waals surface area contributed by atoms with Crippen molar-refractivity contribution in [2.24, 2.45) is 11.3 Å². The maximum Gasteiger partial charge on any atom is 0.166 e. The molecule has 0 radical (unpaired) electrons. The Hall–Kier alpha value is -1.32. The van der Waals surface area contributed by atoms with E-state index in [-0.39, 0.29) is 5.82 Å². The van der Waals surface area contributed by atoms with Crippen LogP contribution in [0.4, 0.5) is 15.8 Å². The summed E-state index contributed by atoms with van der Waals surface area (Å²) in [4.78, 5) is 5.84. The van der Waals surface area contributed by atoms with Crippen LogP contribution in [0.3, 0.4) is 0 Å². The number of aromatic nitrogens is 1. The van der Waals surface area contributed by atoms with Gasteiger partial charge in [-0.1, -0.05) is 20.8 Å². The summed E-state index contributed by atoms with van der Waals surface area (Å²) >= 11 is 0. The second kappa shape index (κ2) is 5.35. The minimum atomic E-state index is -0.311. The summed E-state index contributed by atoms with van der Waals surface area (Å²) in [6, 6.07) is 0. The van der Waals surface area contributed by atoms with Crippen molar-refractivity contribution in [3.63, 3.8) is 0 Å². The molecule has 0 saturated carbocycles. The van der Waals surface area contributed by atoms with Crippen molar-refractivity contribution in [1.29, 1.82) is 0 Å². The van der Waals surface area contributed by atoms with Gasteiger partial charge in [0.1, 0.15) is 0 Å². The molecule has 2 rings (SSSR count). The number of hydrogen-bond donors (Lipinski definition) is 1. The lowest BCUT2D eigenvalue weighted by Gasteiger charge is -2.36. The number of halogens is 1. The Labute approximate surface area is 115 Å². The van der Waals surface area contributed by atoms with E-state index in [1.54, 1.807) is 0 Å². The predicted molar refractivity (Wildman–Crippen MR) is 77.6 cm³/mol. The lowest BCUT2D eigenvalue weighted by molar-refractivity contribution is 0.258. The predicted octanol–water partition coefficient (Wildman–Crippen LogP) is 3.46. The van der Waals surface area contributed by atoms with Crippen molar-refractivity contribution in [2.45, 2.75) is 40.0 Å². The van der Waals surface area contributed by atoms with Gasteiger partial charge in [-0.05, 0) is 30.6 Å². The summed E-state index contributed by atoms with van der Waals surface area (Å²) in [6.45, 7) is 8.59. The second-order valence-electron chi connectivity index (χ2n) is 6.75. The number of nitrogen functional groups attached to an aromatic ring is 1. The number of nitrogens with two attached hydrogens (primary N) is 1. The molecule has 0 spiro atoms. The molecule has 0 aromatic carbocycles. The van der Waals surface area contributed by atoms with Crippen molar-refractivity contribution in [2.75, 3.05) is 23.7 Å². The number of pyridine rings is 1. The third kappa shape index (κ3) is 3.58. The fourth-order valence-corrected chi connectivity index (χ4v) is 3.00. The van der Waals surface area contributed by atoms with E-state index >= 15 is 0 Å². The molecule has 1 aromatic rings. The van der Waals surface area contributed by atoms with Gasteiger partial charge >= 0.3 is 0 Å². The molecule has 0 amide bonds. The largest absolute Gasteiger partial charge is 0.396 e. The minimum Gasteiger partial charge on any atom is -0.396 e. The third-order valence-corrected chi connectivity index (χ3v) is 3.73. The quantitative estimate of drug-likeness (QED) is 0.890. The molecule has 0 unspecified atom stereocenters. The average molecular weight is 265 g/mol. The van der Waals surface area contributed by atoms with Gasteiger partial charge in [0.05, 0.1) is 23.8 Å². The first-order chi connectivity index (χ1) is 8.87. The molecule has 2 heterocycles. The van der Waals surface area contributed by atoms with E-state index in [0.717, 1.165) is 31.8 Å². The highest BCUT2D eigenvalue weighted by Gasteiger charge is 2.26. The molecule has 19 heavy (non-hydrogen) atoms. The second-order valence-corrected chi connectivity index (χ2v) is 6.75. The molecule has 1 aliphatic rings. The first kappa shape index (κ1) is 14.1. The van der Waals surface area contributed by atoms with E-state index in [2.05, 4.69) is 30.7 Å². The van der Waals surface area contributed by atoms with Gasteiger partial charge in [0.25, 0.3) is 0 Å². The van der Waals surface area contributed by atoms with Crippen LogP contribution in [0.25, 0.3) is 0 Å². The van der Waals surface area contributed by atoms with Crippen LogP contribution in [0.15, 0.2) is 12.4 Å². The zero-order valence-corrected chi connectivity index (χ0v) is 12.1. The topological polar surface area (TPSA) is 42.1 Å². The van der Waals surface area contributed by atoms with Crippen LogP contribution in [0.1, 0.15) is 40.0 Å². The van der Waals surface area contributed by atoms with Crippen LogP contribution in [0, 0.1) is 17.2 Å². The van der Waals surface area contributed by atoms with Crippen LogP contribution >= 0.6 is 0 Å². The molecule has 3 nitrogen and oxygen atoms in total. The maximum atomic E-state index is 13.8. The van der Waals surface area contributed by atoms with Crippen LogP contribution in [-0.2, 0) is 0 Å². The molecule has 1 aliphatic heterocycles. The lowest BCUT2D eigenvalue weighted by atomic mass is 9.80. The van der Waals surface area contributed by atoms with E-state index in [1.807, 2.05) is 0 Å². The molecule has 1 aromatic heterocycles. The average Bonchev–Trinajstić information content (AvgIpc) is 2.29. The monoisotopic (exact) mass is 265 g/mol. The smallest absolute Gasteiger partial charge is 0.166 e. The van der Waals surface area contributed by atoms with Crippen molar-refractivity contribution >= 4 is 11.4 Å². The van der Waals surface area contributed by atoms with Gasteiger partial charge < -0.3 is 10.6 Å². The van der Waals surface area contributed by atoms with Crippen LogP contribution in [0.2, 0.25) is 0 Å². The number of nitrogens with zero attached hydrogens (tertiary/aromatic N) is 2. The summed E-state index contributed by atoms with van der Waals surface area (Å²) in [5.41, 5.74) is 7.18. The highest BCUT2D eigenvalue weighted by molar-refractivity contribution is 5.66. The number of anilines is 2. The molecular formula is C15H24FN3. The molecule has 1 fully saturated rings. The van der Waals surface area contributed by atoms with Crippen molar-refractivity contribution in [1.82, 2.24) is 4.98 Å². The summed E-state index contributed by atoms with van der Waals surface area (Å²) < 4.78 is 13.8. The maximum absolute atomic E-state index is 13.8. The van der Waals surface area contributed by atoms with Crippen LogP contribution < -0.4 is 10.6 Å². The molecule has 0 aliphatic carbocycles. The summed E-state index contributed by atoms with van der Waals surface area (Å²) in [7, 11) is 0. The molecule has 0 atom stereocenters. The van der Waals surface area contributed by atoms with Gasteiger partial charge in [-0.15, -0.1) is 0 Å². The summed E-state index contributed by atoms with van der Waals surface area (Å²) in [5.74, 6) is 0.427. The first-order valence-electron chi connectivity index (χ1n) is 7.01. The van der Waals surface area contributed by atoms with E-state index in [9.17, 15) is 4.39 Å². The first-order valence-corrected chi connectivity index (χ1v) is 7.01. The minimum absolute atomic E-state index is 0.311. The summed E-state index contributed by atoms with van der Waals surface area (Å²) in [6.07, 6.45) is 6.22. The molecule has 0 bridgehead atoms. The normalized spacial score (nSPS) is 17.8. The third-order valence-electron chi connectivity index (χ3n) is 3.73. The molecule has 1 saturated heterocycles. The Morgan fingerprint density at radius 1 is 1.32 bits per heavy atom. The molecule has 4 heteroatoms. The fraction of sp³-hybridized carbons (Fsp3) is 0.667. The molecular weight excluding hydrogens is 241 g/mol. The number of piperidine rings is 1. The Balaban J connectivity index is 2.00. The van der Waals surface area contributed by atoms with Gasteiger partial charge in [0, 0.05) is 13.1 Å². The fourth-order valence-electron chi connectivity index (χ4n) is 3.00. The van der Waals surface area contributed by atoms with E-state index in [4.69, 9.17) is 5.73 Å². The van der Waals surface area contributed by atoms with Gasteiger partial charge in [0.15, 0.2) is 5.82 Å². The Bertz CT molecular complexity index is 411. The van der Waals surface area contributed by atoms with Gasteiger partial charge in [-0.3, -0.25) is 4.98 Å². The Morgan fingerprint density at radius 2 is 1.95 bits per heavy atom. The summed E-state index contributed by atoms with van der Waals surface area (Å²) in [5, 5.41) is 0. The number of rotatable bonds is 2. The van der Waals surface area contributed by atoms with Gasteiger partial charge in [-0.2, -0.15) is 0 Å². The van der Waals surface area contributed by atoms with E-state index in [1.165, 1.54) is 18.8 Å². The van der Waals surface area contributed by atoms with Crippen molar-refractivity contribution in [3.8, 4) is 0 Å². The highest BCUT2D eigenvalue weighted by Crippen LogP contribution is 2.34. The van der Waals surface area contributed by atoms with Gasteiger partial charge in [0.2, 0.25) is 0 Å². The van der Waals surface area contributed by atoms with Crippen molar-refractivity contribution < 1.29 is 4.39 Å². The van der Waals surface area contributed by atoms with E-state index < -0.39 is 0 Å². The SMILES string of the molecule is CC(C)(C)CC1CCN(c2c(N)cncc2F)CC1. The van der Waals surface area contributed by atoms with Gasteiger partial charge in [-0.25, -0.2) is 4.39 Å². The standard InChI is InChI=1S/C15H24FN3/c1-15(2,3)8-11-4-6-19(7-5-11)14-12(16)9-18-10-13(14)17/h9-11H,4-8,17H2,1-3H3. The lowest BCUT2D eigenvalue weighted by Crippen LogP contribution is -2.35. The Morgan fingerprint density at radius 3 is 2.47 bits per heavy atom. The van der Waals surface area contributed by atoms with E-state index in [0.29, 0.717) is 16.8 Å². The zero-order valence-electron chi connectivity index (χ0n) is 12.1.